The minimum atomic E-state index is -0.539. The van der Waals surface area contributed by atoms with Crippen LogP contribution in [0.1, 0.15) is 41.0 Å². The van der Waals surface area contributed by atoms with Gasteiger partial charge in [0.2, 0.25) is 0 Å². The van der Waals surface area contributed by atoms with Gasteiger partial charge in [-0.3, -0.25) is 14.6 Å². The summed E-state index contributed by atoms with van der Waals surface area (Å²) in [4.78, 5) is 27.0. The van der Waals surface area contributed by atoms with Gasteiger partial charge in [0.1, 0.15) is 0 Å². The van der Waals surface area contributed by atoms with Gasteiger partial charge in [0.05, 0.1) is 11.0 Å². The second kappa shape index (κ2) is 4.87. The molecule has 1 saturated heterocycles. The minimum Gasteiger partial charge on any atom is -0.444 e. The summed E-state index contributed by atoms with van der Waals surface area (Å²) in [5.74, 6) is -0.293. The lowest BCUT2D eigenvalue weighted by Crippen LogP contribution is -2.44. The summed E-state index contributed by atoms with van der Waals surface area (Å²) in [5.41, 5.74) is -0.374. The van der Waals surface area contributed by atoms with Crippen molar-refractivity contribution in [2.24, 2.45) is 5.41 Å². The molecule has 0 atom stereocenters. The van der Waals surface area contributed by atoms with Gasteiger partial charge < -0.3 is 4.74 Å². The number of urea groups is 1. The second-order valence-corrected chi connectivity index (χ2v) is 6.07. The SMILES string of the molecule is C=C1N(C)C(=O)N(COC(=O)C(C)(C)CC)C1(C)C. The quantitative estimate of drug-likeness (QED) is 0.736. The van der Waals surface area contributed by atoms with Crippen molar-refractivity contribution < 1.29 is 14.3 Å². The molecule has 0 aromatic rings. The van der Waals surface area contributed by atoms with Crippen molar-refractivity contribution >= 4 is 12.0 Å². The van der Waals surface area contributed by atoms with Gasteiger partial charge in [-0.2, -0.15) is 0 Å². The number of carbonyl (C=O) groups excluding carboxylic acids is 2. The van der Waals surface area contributed by atoms with E-state index in [9.17, 15) is 9.59 Å². The largest absolute Gasteiger partial charge is 0.444 e. The second-order valence-electron chi connectivity index (χ2n) is 6.07. The van der Waals surface area contributed by atoms with Crippen molar-refractivity contribution in [3.63, 3.8) is 0 Å². The Morgan fingerprint density at radius 2 is 1.95 bits per heavy atom. The van der Waals surface area contributed by atoms with Gasteiger partial charge in [-0.1, -0.05) is 13.5 Å². The van der Waals surface area contributed by atoms with Crippen molar-refractivity contribution in [2.75, 3.05) is 13.8 Å². The summed E-state index contributed by atoms with van der Waals surface area (Å²) in [6.45, 7) is 13.2. The molecule has 0 aromatic carbocycles. The number of hydrogen-bond donors (Lipinski definition) is 0. The number of carbonyl (C=O) groups is 2. The number of nitrogens with zero attached hydrogens (tertiary/aromatic N) is 2. The smallest absolute Gasteiger partial charge is 0.327 e. The summed E-state index contributed by atoms with van der Waals surface area (Å²) in [5, 5.41) is 0. The molecule has 0 aromatic heterocycles. The molecule has 1 aliphatic heterocycles. The lowest BCUT2D eigenvalue weighted by Gasteiger charge is -2.30. The first-order valence-electron chi connectivity index (χ1n) is 6.47. The Bertz CT molecular complexity index is 413. The van der Waals surface area contributed by atoms with Gasteiger partial charge >= 0.3 is 12.0 Å². The van der Waals surface area contributed by atoms with Gasteiger partial charge in [-0.15, -0.1) is 0 Å². The highest BCUT2D eigenvalue weighted by Crippen LogP contribution is 2.33. The monoisotopic (exact) mass is 268 g/mol. The number of ether oxygens (including phenoxy) is 1. The molecule has 19 heavy (non-hydrogen) atoms. The summed E-state index contributed by atoms with van der Waals surface area (Å²) in [7, 11) is 1.67. The normalized spacial score (nSPS) is 19.1. The van der Waals surface area contributed by atoms with E-state index in [2.05, 4.69) is 6.58 Å². The summed E-state index contributed by atoms with van der Waals surface area (Å²) in [6.07, 6.45) is 0.690. The van der Waals surface area contributed by atoms with Crippen molar-refractivity contribution in [2.45, 2.75) is 46.6 Å². The zero-order chi connectivity index (χ0) is 15.0. The number of rotatable bonds is 4. The average Bonchev–Trinajstić information content (AvgIpc) is 2.48. The van der Waals surface area contributed by atoms with E-state index in [1.165, 1.54) is 9.80 Å². The Kier molecular flexibility index (Phi) is 3.98. The highest BCUT2D eigenvalue weighted by Gasteiger charge is 2.45. The first-order valence-corrected chi connectivity index (χ1v) is 6.47. The molecule has 5 nitrogen and oxygen atoms in total. The maximum absolute atomic E-state index is 12.1. The van der Waals surface area contributed by atoms with Crippen LogP contribution in [0.2, 0.25) is 0 Å². The van der Waals surface area contributed by atoms with Crippen molar-refractivity contribution in [1.82, 2.24) is 9.80 Å². The van der Waals surface area contributed by atoms with Crippen LogP contribution in [0, 0.1) is 5.41 Å². The van der Waals surface area contributed by atoms with Crippen LogP contribution in [0.15, 0.2) is 12.3 Å². The topological polar surface area (TPSA) is 49.9 Å². The Labute approximate surface area is 115 Å². The Balaban J connectivity index is 2.76. The highest BCUT2D eigenvalue weighted by molar-refractivity contribution is 5.82. The molecule has 0 radical (unpaired) electrons. The van der Waals surface area contributed by atoms with Gasteiger partial charge in [0.25, 0.3) is 0 Å². The molecule has 0 saturated carbocycles. The lowest BCUT2D eigenvalue weighted by atomic mass is 9.91. The molecule has 108 valence electrons. The summed E-state index contributed by atoms with van der Waals surface area (Å²) >= 11 is 0. The van der Waals surface area contributed by atoms with Crippen molar-refractivity contribution in [3.05, 3.63) is 12.3 Å². The first-order chi connectivity index (χ1) is 8.55. The Morgan fingerprint density at radius 1 is 1.42 bits per heavy atom. The molecule has 1 heterocycles. The maximum Gasteiger partial charge on any atom is 0.327 e. The zero-order valence-electron chi connectivity index (χ0n) is 12.7. The predicted molar refractivity (Wildman–Crippen MR) is 73.2 cm³/mol. The van der Waals surface area contributed by atoms with Crippen LogP contribution in [0.4, 0.5) is 4.79 Å². The van der Waals surface area contributed by atoms with E-state index in [-0.39, 0.29) is 18.7 Å². The molecule has 0 N–H and O–H groups in total. The van der Waals surface area contributed by atoms with Gasteiger partial charge in [-0.25, -0.2) is 4.79 Å². The van der Waals surface area contributed by atoms with Crippen LogP contribution in [-0.4, -0.2) is 41.1 Å². The van der Waals surface area contributed by atoms with Crippen LogP contribution in [-0.2, 0) is 9.53 Å². The third kappa shape index (κ3) is 2.60. The van der Waals surface area contributed by atoms with E-state index in [0.29, 0.717) is 12.1 Å². The predicted octanol–water partition coefficient (Wildman–Crippen LogP) is 2.58. The molecule has 1 fully saturated rings. The number of esters is 1. The van der Waals surface area contributed by atoms with Crippen molar-refractivity contribution in [1.29, 1.82) is 0 Å². The zero-order valence-corrected chi connectivity index (χ0v) is 12.7. The molecule has 0 unspecified atom stereocenters. The molecular formula is C14H24N2O3. The summed E-state index contributed by atoms with van der Waals surface area (Å²) in [6, 6.07) is -0.197. The van der Waals surface area contributed by atoms with Crippen molar-refractivity contribution in [3.8, 4) is 0 Å². The van der Waals surface area contributed by atoms with Gasteiger partial charge in [0.15, 0.2) is 6.73 Å². The molecule has 0 spiro atoms. The number of likely N-dealkylation sites (N-methyl/N-ethyl adjacent to an activating group) is 1. The Hall–Kier alpha value is -1.52. The van der Waals surface area contributed by atoms with E-state index in [1.54, 1.807) is 7.05 Å². The fourth-order valence-electron chi connectivity index (χ4n) is 1.78. The standard InChI is InChI=1S/C14H24N2O3/c1-8-13(3,4)11(17)19-9-16-12(18)15(7)10(2)14(16,5)6/h2,8-9H2,1,3-7H3. The molecule has 1 rings (SSSR count). The van der Waals surface area contributed by atoms with Gasteiger partial charge in [0, 0.05) is 12.7 Å². The average molecular weight is 268 g/mol. The fraction of sp³-hybridized carbons (Fsp3) is 0.714. The third-order valence-corrected chi connectivity index (χ3v) is 4.06. The Morgan fingerprint density at radius 3 is 2.32 bits per heavy atom. The van der Waals surface area contributed by atoms with E-state index < -0.39 is 11.0 Å². The van der Waals surface area contributed by atoms with Crippen LogP contribution in [0.5, 0.6) is 0 Å². The third-order valence-electron chi connectivity index (χ3n) is 4.06. The maximum atomic E-state index is 12.1. The fourth-order valence-corrected chi connectivity index (χ4v) is 1.78. The molecule has 2 amide bonds. The molecule has 5 heteroatoms. The van der Waals surface area contributed by atoms with E-state index >= 15 is 0 Å². The van der Waals surface area contributed by atoms with Crippen LogP contribution < -0.4 is 0 Å². The number of hydrogen-bond acceptors (Lipinski definition) is 3. The van der Waals surface area contributed by atoms with Crippen LogP contribution >= 0.6 is 0 Å². The number of amides is 2. The minimum absolute atomic E-state index is 0.0442. The van der Waals surface area contributed by atoms with Crippen LogP contribution in [0.25, 0.3) is 0 Å². The van der Waals surface area contributed by atoms with E-state index in [0.717, 1.165) is 0 Å². The van der Waals surface area contributed by atoms with Gasteiger partial charge in [-0.05, 0) is 34.1 Å². The van der Waals surface area contributed by atoms with E-state index in [1.807, 2.05) is 34.6 Å². The molecule has 0 aliphatic carbocycles. The first kappa shape index (κ1) is 15.5. The highest BCUT2D eigenvalue weighted by atomic mass is 16.5. The molecule has 0 bridgehead atoms. The lowest BCUT2D eigenvalue weighted by molar-refractivity contribution is -0.158. The molecule has 1 aliphatic rings. The van der Waals surface area contributed by atoms with E-state index in [4.69, 9.17) is 4.74 Å². The molecular weight excluding hydrogens is 244 g/mol. The van der Waals surface area contributed by atoms with Crippen LogP contribution in [0.3, 0.4) is 0 Å². The summed E-state index contributed by atoms with van der Waals surface area (Å²) < 4.78 is 5.28.